The zero-order valence-corrected chi connectivity index (χ0v) is 60.7. The Morgan fingerprint density at radius 1 is 0.474 bits per heavy atom. The van der Waals surface area contributed by atoms with Crippen LogP contribution in [-0.2, 0) is 38.8 Å². The molecule has 11 aromatic rings. The van der Waals surface area contributed by atoms with Crippen LogP contribution in [0.4, 0.5) is 17.1 Å². The number of pyridine rings is 1. The van der Waals surface area contributed by atoms with Crippen LogP contribution in [0, 0.1) is 0 Å². The first-order valence-corrected chi connectivity index (χ1v) is 36.9. The maximum Gasteiger partial charge on any atom is 0.315 e. The topological polar surface area (TPSA) is 223 Å². The SMILES string of the molecule is C.C.CCN(CC)c1ccc(/C=C/c2cc[n+](CCNC(=O)CI)cc2)c2nonc12.CCN(CC)c1ccc(/C=C/c2sc3ccccc3[n+]2CCNC(=O)CI)c2nonc12.CCN(CC)c1ccc(/C=C/c2sc3ccccc3[n+]2CCOC(=O)CI)c2nonc12. The van der Waals surface area contributed by atoms with Crippen LogP contribution in [-0.4, -0.2) is 121 Å². The van der Waals surface area contributed by atoms with Crippen molar-refractivity contribution in [3.63, 3.8) is 0 Å². The number of carbonyl (C=O) groups excluding carboxylic acids is 3. The van der Waals surface area contributed by atoms with Crippen LogP contribution in [0.1, 0.15) is 88.7 Å². The lowest BCUT2D eigenvalue weighted by Gasteiger charge is -2.20. The zero-order chi connectivity index (χ0) is 65.6. The van der Waals surface area contributed by atoms with Gasteiger partial charge in [0.15, 0.2) is 55.2 Å². The summed E-state index contributed by atoms with van der Waals surface area (Å²) in [5.41, 5.74) is 13.9. The van der Waals surface area contributed by atoms with Gasteiger partial charge in [0.05, 0.1) is 43.4 Å². The molecule has 95 heavy (non-hydrogen) atoms. The smallest absolute Gasteiger partial charge is 0.315 e. The van der Waals surface area contributed by atoms with E-state index >= 15 is 0 Å². The number of rotatable bonds is 27. The number of esters is 1. The first-order chi connectivity index (χ1) is 45.5. The molecule has 0 bridgehead atoms. The Labute approximate surface area is 602 Å². The number of nitrogens with zero attached hydrogens (tertiary/aromatic N) is 12. The van der Waals surface area contributed by atoms with Crippen LogP contribution in [0.15, 0.2) is 123 Å². The third-order valence-electron chi connectivity index (χ3n) is 15.3. The predicted octanol–water partition coefficient (Wildman–Crippen LogP) is 13.4. The fourth-order valence-corrected chi connectivity index (χ4v) is 13.5. The molecule has 0 unspecified atom stereocenters. The highest BCUT2D eigenvalue weighted by Crippen LogP contribution is 2.32. The first kappa shape index (κ1) is 74.8. The van der Waals surface area contributed by atoms with E-state index < -0.39 is 0 Å². The van der Waals surface area contributed by atoms with Gasteiger partial charge in [0.1, 0.15) is 25.9 Å². The van der Waals surface area contributed by atoms with Crippen molar-refractivity contribution < 1.29 is 46.7 Å². The number of halogens is 3. The van der Waals surface area contributed by atoms with Gasteiger partial charge in [-0.15, -0.1) is 0 Å². The second kappa shape index (κ2) is 37.7. The Balaban J connectivity index is 0.000000200. The first-order valence-electron chi connectivity index (χ1n) is 30.7. The van der Waals surface area contributed by atoms with Gasteiger partial charge < -0.3 is 30.1 Å². The molecule has 0 saturated heterocycles. The zero-order valence-electron chi connectivity index (χ0n) is 52.6. The molecular formula is C69H82I3N14O7S2+3. The van der Waals surface area contributed by atoms with E-state index in [-0.39, 0.29) is 32.6 Å². The molecule has 0 fully saturated rings. The molecule has 26 heteroatoms. The van der Waals surface area contributed by atoms with Gasteiger partial charge in [0.25, 0.3) is 10.0 Å². The van der Waals surface area contributed by atoms with Crippen molar-refractivity contribution in [2.24, 2.45) is 0 Å². The van der Waals surface area contributed by atoms with E-state index in [1.807, 2.05) is 94.2 Å². The summed E-state index contributed by atoms with van der Waals surface area (Å²) in [6, 6.07) is 33.0. The Morgan fingerprint density at radius 3 is 1.25 bits per heavy atom. The highest BCUT2D eigenvalue weighted by Gasteiger charge is 2.23. The summed E-state index contributed by atoms with van der Waals surface area (Å²) in [6.45, 7) is 21.7. The Bertz CT molecular complexity index is 4190. The van der Waals surface area contributed by atoms with Crippen molar-refractivity contribution in [1.29, 1.82) is 0 Å². The quantitative estimate of drug-likeness (QED) is 0.0211. The van der Waals surface area contributed by atoms with E-state index in [9.17, 15) is 14.4 Å². The van der Waals surface area contributed by atoms with Gasteiger partial charge in [-0.05, 0) is 121 Å². The number of aromatic nitrogens is 9. The second-order valence-electron chi connectivity index (χ2n) is 20.7. The third kappa shape index (κ3) is 18.9. The molecule has 6 heterocycles. The van der Waals surface area contributed by atoms with E-state index in [0.717, 1.165) is 139 Å². The number of fused-ring (bicyclic) bond motifs is 5. The normalized spacial score (nSPS) is 11.3. The summed E-state index contributed by atoms with van der Waals surface area (Å²) in [5, 5.41) is 32.9. The third-order valence-corrected chi connectivity index (χ3v) is 19.6. The lowest BCUT2D eigenvalue weighted by molar-refractivity contribution is -0.694. The van der Waals surface area contributed by atoms with Crippen LogP contribution >= 0.6 is 90.4 Å². The van der Waals surface area contributed by atoms with Gasteiger partial charge in [0.2, 0.25) is 22.8 Å². The van der Waals surface area contributed by atoms with Crippen molar-refractivity contribution in [2.45, 2.75) is 76.0 Å². The molecule has 5 aromatic carbocycles. The summed E-state index contributed by atoms with van der Waals surface area (Å²) >= 11 is 9.57. The molecule has 0 aliphatic rings. The number of hydrogen-bond acceptors (Lipinski definition) is 18. The number of hydrogen-bond donors (Lipinski definition) is 2. The van der Waals surface area contributed by atoms with Gasteiger partial charge in [-0.3, -0.25) is 14.4 Å². The highest BCUT2D eigenvalue weighted by atomic mass is 127. The number of anilines is 3. The molecule has 2 amide bonds. The van der Waals surface area contributed by atoms with E-state index in [0.29, 0.717) is 46.1 Å². The summed E-state index contributed by atoms with van der Waals surface area (Å²) < 4.78 is 30.7. The monoisotopic (exact) mass is 1660 g/mol. The highest BCUT2D eigenvalue weighted by molar-refractivity contribution is 14.1. The Hall–Kier alpha value is -7.55. The van der Waals surface area contributed by atoms with Crippen LogP contribution in [0.3, 0.4) is 0 Å². The number of ether oxygens (including phenoxy) is 1. The minimum atomic E-state index is -0.197. The molecule has 0 radical (unpaired) electrons. The van der Waals surface area contributed by atoms with Crippen molar-refractivity contribution >= 4 is 215 Å². The largest absolute Gasteiger partial charge is 0.458 e. The fraction of sp³-hybridized carbons (Fsp3) is 0.333. The molecule has 500 valence electrons. The van der Waals surface area contributed by atoms with Crippen LogP contribution in [0.5, 0.6) is 0 Å². The number of alkyl halides is 3. The Kier molecular flexibility index (Phi) is 29.7. The maximum absolute atomic E-state index is 11.7. The number of thiazole rings is 2. The van der Waals surface area contributed by atoms with Crippen LogP contribution in [0.25, 0.3) is 90.0 Å². The predicted molar refractivity (Wildman–Crippen MR) is 411 cm³/mol. The van der Waals surface area contributed by atoms with Crippen LogP contribution in [0.2, 0.25) is 0 Å². The summed E-state index contributed by atoms with van der Waals surface area (Å²) in [6.07, 6.45) is 16.4. The van der Waals surface area contributed by atoms with E-state index in [4.69, 9.17) is 18.6 Å². The molecule has 0 saturated carbocycles. The van der Waals surface area contributed by atoms with Crippen LogP contribution < -0.4 is 39.0 Å². The number of nitrogens with one attached hydrogen (secondary N) is 2. The molecule has 0 atom stereocenters. The second-order valence-corrected chi connectivity index (χ2v) is 25.1. The average Bonchev–Trinajstić information content (AvgIpc) is 1.76. The number of benzene rings is 5. The lowest BCUT2D eigenvalue weighted by atomic mass is 10.1. The molecule has 2 N–H and O–H groups in total. The van der Waals surface area contributed by atoms with E-state index in [1.165, 1.54) is 9.40 Å². The van der Waals surface area contributed by atoms with Crippen molar-refractivity contribution in [2.75, 3.05) is 86.9 Å². The molecule has 0 spiro atoms. The summed E-state index contributed by atoms with van der Waals surface area (Å²) in [4.78, 5) is 41.2. The number of para-hydroxylation sites is 2. The van der Waals surface area contributed by atoms with Crippen molar-refractivity contribution in [3.8, 4) is 0 Å². The fourth-order valence-electron chi connectivity index (χ4n) is 10.5. The minimum absolute atomic E-state index is 0. The van der Waals surface area contributed by atoms with Gasteiger partial charge in [0, 0.05) is 92.4 Å². The summed E-state index contributed by atoms with van der Waals surface area (Å²) in [7, 11) is 0. The maximum atomic E-state index is 11.7. The molecule has 0 aliphatic carbocycles. The molecular weight excluding hydrogens is 1580 g/mol. The van der Waals surface area contributed by atoms with Gasteiger partial charge in [-0.2, -0.15) is 9.13 Å². The number of amides is 2. The summed E-state index contributed by atoms with van der Waals surface area (Å²) in [5.74, 6) is -0.0829. The van der Waals surface area contributed by atoms with Gasteiger partial charge in [-0.1, -0.05) is 160 Å². The Morgan fingerprint density at radius 2 is 0.853 bits per heavy atom. The lowest BCUT2D eigenvalue weighted by Crippen LogP contribution is -2.41. The molecule has 6 aromatic heterocycles. The van der Waals surface area contributed by atoms with Gasteiger partial charge in [-0.25, -0.2) is 18.5 Å². The van der Waals surface area contributed by atoms with Crippen molar-refractivity contribution in [1.82, 2.24) is 41.6 Å². The molecule has 0 aliphatic heterocycles. The average molecular weight is 1660 g/mol. The standard InChI is InChI=1S/C23H24IN5O2S.C23H24IN4O3S.C21H24IN5O2.2CH4/c1-3-28(4-2)18-11-9-16(22-23(18)27-31-26-22)10-12-21-29(14-13-25-20(30)15-24)17-7-5-6-8-19(17)32-21;1-3-27(4-2)18-11-9-16(22-23(18)26-31-25-22)10-12-20-28(13-14-30-21(29)15-24)17-7-5-6-8-19(17)32-20;1-3-27(4-2)18-8-7-17(20-21(18)25-29-24-20)6-5-16-9-12-26(13-10-16)14-11-23-19(28)15-22;;/h2*5-12H,3-4,13-15H2,1-2H3;5-10,12-13H,3-4,11,14-15H2,1-2H3;2*1H4/q;+1;;;/p+2. The molecule has 21 nitrogen and oxygen atoms in total. The van der Waals surface area contributed by atoms with E-state index in [2.05, 4.69) is 231 Å². The minimum Gasteiger partial charge on any atom is -0.458 e. The van der Waals surface area contributed by atoms with Gasteiger partial charge >= 0.3 is 5.97 Å². The molecule has 11 rings (SSSR count). The van der Waals surface area contributed by atoms with Crippen molar-refractivity contribution in [3.05, 3.63) is 142 Å². The van der Waals surface area contributed by atoms with E-state index in [1.54, 1.807) is 22.7 Å². The number of carbonyl (C=O) groups is 3.